The number of piperazine rings is 1. The molecule has 0 N–H and O–H groups in total. The predicted molar refractivity (Wildman–Crippen MR) is 108 cm³/mol. The van der Waals surface area contributed by atoms with Crippen LogP contribution in [0.1, 0.15) is 25.7 Å². The van der Waals surface area contributed by atoms with E-state index in [1.807, 2.05) is 0 Å². The summed E-state index contributed by atoms with van der Waals surface area (Å²) in [5.74, 6) is -1.64. The molecule has 0 saturated carbocycles. The van der Waals surface area contributed by atoms with Crippen LogP contribution in [-0.4, -0.2) is 80.0 Å². The Balaban J connectivity index is 1.22. The summed E-state index contributed by atoms with van der Waals surface area (Å²) >= 11 is 0. The van der Waals surface area contributed by atoms with Crippen molar-refractivity contribution in [1.29, 1.82) is 0 Å². The molecule has 1 spiro atoms. The lowest BCUT2D eigenvalue weighted by Gasteiger charge is -2.37. The number of rotatable bonds is 5. The maximum absolute atomic E-state index is 13.1. The predicted octanol–water partition coefficient (Wildman–Crippen LogP) is 2.53. The number of amides is 1. The van der Waals surface area contributed by atoms with Gasteiger partial charge in [-0.2, -0.15) is 8.78 Å². The van der Waals surface area contributed by atoms with Gasteiger partial charge in [-0.1, -0.05) is 0 Å². The minimum absolute atomic E-state index is 0.167. The van der Waals surface area contributed by atoms with E-state index in [9.17, 15) is 22.8 Å². The van der Waals surface area contributed by atoms with Crippen molar-refractivity contribution in [3.05, 3.63) is 30.1 Å². The average Bonchev–Trinajstić information content (AvgIpc) is 3.08. The van der Waals surface area contributed by atoms with Crippen LogP contribution in [-0.2, 0) is 14.3 Å². The van der Waals surface area contributed by atoms with E-state index >= 15 is 0 Å². The quantitative estimate of drug-likeness (QED) is 0.660. The van der Waals surface area contributed by atoms with E-state index < -0.39 is 17.7 Å². The fourth-order valence-electron chi connectivity index (χ4n) is 4.91. The highest BCUT2D eigenvalue weighted by Gasteiger charge is 2.51. The second-order valence-corrected chi connectivity index (χ2v) is 8.73. The number of anilines is 1. The fraction of sp³-hybridized carbons (Fsp3) is 0.636. The molecule has 0 radical (unpaired) electrons. The third-order valence-electron chi connectivity index (χ3n) is 6.88. The first-order valence-electron chi connectivity index (χ1n) is 10.9. The maximum atomic E-state index is 13.1. The van der Waals surface area contributed by atoms with Crippen LogP contribution in [0, 0.1) is 11.2 Å². The highest BCUT2D eigenvalue weighted by Crippen LogP contribution is 2.44. The number of halogens is 3. The largest absolute Gasteiger partial charge is 0.462 e. The van der Waals surface area contributed by atoms with Gasteiger partial charge in [0.05, 0.1) is 5.41 Å². The van der Waals surface area contributed by atoms with E-state index in [-0.39, 0.29) is 31.0 Å². The van der Waals surface area contributed by atoms with Crippen LogP contribution in [0.25, 0.3) is 0 Å². The average molecular weight is 439 g/mol. The summed E-state index contributed by atoms with van der Waals surface area (Å²) in [6.45, 7) is 4.65. The van der Waals surface area contributed by atoms with Gasteiger partial charge in [0.25, 0.3) is 5.91 Å². The number of carbonyl (C=O) groups excluding carboxylic acids is 2. The number of ether oxygens (including phenoxy) is 1. The molecule has 3 saturated heterocycles. The lowest BCUT2D eigenvalue weighted by Crippen LogP contribution is -2.47. The molecule has 0 aromatic heterocycles. The monoisotopic (exact) mass is 439 g/mol. The number of benzene rings is 1. The molecule has 4 rings (SSSR count). The molecule has 1 atom stereocenters. The van der Waals surface area contributed by atoms with Crippen LogP contribution in [0.5, 0.6) is 0 Å². The Bertz CT molecular complexity index is 789. The summed E-state index contributed by atoms with van der Waals surface area (Å²) in [6, 6.07) is 6.53. The molecule has 6 nitrogen and oxygen atoms in total. The number of likely N-dealkylation sites (tertiary alicyclic amines) is 1. The number of alkyl halides is 2. The van der Waals surface area contributed by atoms with E-state index in [1.165, 1.54) is 12.1 Å². The summed E-state index contributed by atoms with van der Waals surface area (Å²) in [4.78, 5) is 29.7. The molecule has 3 aliphatic heterocycles. The third-order valence-corrected chi connectivity index (χ3v) is 6.88. The molecule has 0 bridgehead atoms. The SMILES string of the molecule is O=C(C(F)F)N1CCC2(CC1)C[C@H](CCN1CCN(c3ccc(F)cc3)CC1)OC2=O. The summed E-state index contributed by atoms with van der Waals surface area (Å²) < 4.78 is 44.0. The number of piperidine rings is 1. The zero-order valence-corrected chi connectivity index (χ0v) is 17.4. The van der Waals surface area contributed by atoms with Gasteiger partial charge in [-0.3, -0.25) is 14.5 Å². The van der Waals surface area contributed by atoms with Gasteiger partial charge in [0.15, 0.2) is 0 Å². The summed E-state index contributed by atoms with van der Waals surface area (Å²) in [6.07, 6.45) is -1.06. The van der Waals surface area contributed by atoms with Gasteiger partial charge in [0.1, 0.15) is 11.9 Å². The number of hydrogen-bond donors (Lipinski definition) is 0. The molecule has 0 aliphatic carbocycles. The molecular weight excluding hydrogens is 411 g/mol. The van der Waals surface area contributed by atoms with Crippen molar-refractivity contribution in [3.8, 4) is 0 Å². The number of hydrogen-bond acceptors (Lipinski definition) is 5. The van der Waals surface area contributed by atoms with Gasteiger partial charge in [0.2, 0.25) is 0 Å². The van der Waals surface area contributed by atoms with Gasteiger partial charge in [-0.05, 0) is 43.5 Å². The number of cyclic esters (lactones) is 1. The molecule has 3 aliphatic rings. The van der Waals surface area contributed by atoms with E-state index in [4.69, 9.17) is 4.74 Å². The molecule has 0 unspecified atom stereocenters. The lowest BCUT2D eigenvalue weighted by molar-refractivity contribution is -0.154. The van der Waals surface area contributed by atoms with Crippen molar-refractivity contribution in [1.82, 2.24) is 9.80 Å². The molecule has 1 aromatic carbocycles. The summed E-state index contributed by atoms with van der Waals surface area (Å²) in [7, 11) is 0. The Morgan fingerprint density at radius 1 is 1.06 bits per heavy atom. The van der Waals surface area contributed by atoms with Gasteiger partial charge >= 0.3 is 12.4 Å². The molecule has 1 amide bonds. The van der Waals surface area contributed by atoms with Crippen LogP contribution >= 0.6 is 0 Å². The van der Waals surface area contributed by atoms with Crippen molar-refractivity contribution < 1.29 is 27.5 Å². The van der Waals surface area contributed by atoms with Crippen LogP contribution in [0.4, 0.5) is 18.9 Å². The highest BCUT2D eigenvalue weighted by molar-refractivity contribution is 5.81. The van der Waals surface area contributed by atoms with Gasteiger partial charge in [-0.15, -0.1) is 0 Å². The molecular formula is C22H28F3N3O3. The Morgan fingerprint density at radius 2 is 1.71 bits per heavy atom. The first kappa shape index (κ1) is 21.9. The normalized spacial score (nSPS) is 24.1. The second kappa shape index (κ2) is 9.06. The minimum Gasteiger partial charge on any atom is -0.462 e. The second-order valence-electron chi connectivity index (χ2n) is 8.73. The Kier molecular flexibility index (Phi) is 6.41. The van der Waals surface area contributed by atoms with Crippen LogP contribution in [0.2, 0.25) is 0 Å². The first-order valence-corrected chi connectivity index (χ1v) is 10.9. The molecule has 1 aromatic rings. The van der Waals surface area contributed by atoms with Crippen LogP contribution < -0.4 is 4.90 Å². The Morgan fingerprint density at radius 3 is 2.32 bits per heavy atom. The lowest BCUT2D eigenvalue weighted by atomic mass is 9.75. The maximum Gasteiger partial charge on any atom is 0.315 e. The highest BCUT2D eigenvalue weighted by atomic mass is 19.3. The van der Waals surface area contributed by atoms with Crippen LogP contribution in [0.3, 0.4) is 0 Å². The van der Waals surface area contributed by atoms with Gasteiger partial charge < -0.3 is 14.5 Å². The van der Waals surface area contributed by atoms with Crippen molar-refractivity contribution >= 4 is 17.6 Å². The number of nitrogens with zero attached hydrogens (tertiary/aromatic N) is 3. The van der Waals surface area contributed by atoms with Crippen molar-refractivity contribution in [2.24, 2.45) is 5.41 Å². The smallest absolute Gasteiger partial charge is 0.315 e. The Labute approximate surface area is 179 Å². The van der Waals surface area contributed by atoms with Crippen molar-refractivity contribution in [3.63, 3.8) is 0 Å². The first-order chi connectivity index (χ1) is 14.9. The minimum atomic E-state index is -3.00. The molecule has 31 heavy (non-hydrogen) atoms. The summed E-state index contributed by atoms with van der Waals surface area (Å²) in [5.41, 5.74) is 0.384. The molecule has 3 heterocycles. The number of carbonyl (C=O) groups is 2. The van der Waals surface area contributed by atoms with E-state index in [0.717, 1.165) is 49.7 Å². The Hall–Kier alpha value is -2.29. The molecule has 170 valence electrons. The fourth-order valence-corrected chi connectivity index (χ4v) is 4.91. The number of esters is 1. The van der Waals surface area contributed by atoms with E-state index in [0.29, 0.717) is 19.3 Å². The zero-order valence-electron chi connectivity index (χ0n) is 17.4. The topological polar surface area (TPSA) is 53.1 Å². The molecule has 9 heteroatoms. The van der Waals surface area contributed by atoms with Crippen LogP contribution in [0.15, 0.2) is 24.3 Å². The summed E-state index contributed by atoms with van der Waals surface area (Å²) in [5, 5.41) is 0. The standard InChI is InChI=1S/C22H28F3N3O3/c23-16-1-3-17(4-2-16)27-13-11-26(12-14-27)8-5-18-15-22(21(30)31-18)6-9-28(10-7-22)20(29)19(24)25/h1-4,18-19H,5-15H2/t18-/m0/s1. The zero-order chi connectivity index (χ0) is 22.0. The molecule has 3 fully saturated rings. The van der Waals surface area contributed by atoms with Gasteiger partial charge in [-0.25, -0.2) is 4.39 Å². The van der Waals surface area contributed by atoms with Crippen molar-refractivity contribution in [2.45, 2.75) is 38.2 Å². The van der Waals surface area contributed by atoms with E-state index in [2.05, 4.69) is 9.80 Å². The van der Waals surface area contributed by atoms with E-state index in [1.54, 1.807) is 12.1 Å². The van der Waals surface area contributed by atoms with Crippen molar-refractivity contribution in [2.75, 3.05) is 50.7 Å². The third kappa shape index (κ3) is 4.81. The van der Waals surface area contributed by atoms with Gasteiger partial charge in [0, 0.05) is 57.9 Å².